The van der Waals surface area contributed by atoms with Crippen molar-refractivity contribution in [2.75, 3.05) is 16.2 Å². The summed E-state index contributed by atoms with van der Waals surface area (Å²) in [5.74, 6) is 0.259. The van der Waals surface area contributed by atoms with E-state index in [2.05, 4.69) is 9.71 Å². The van der Waals surface area contributed by atoms with Crippen LogP contribution in [0.15, 0.2) is 41.4 Å². The quantitative estimate of drug-likeness (QED) is 0.807. The Balaban J connectivity index is 2.01. The summed E-state index contributed by atoms with van der Waals surface area (Å²) in [7, 11) is -3.92. The first-order valence-corrected chi connectivity index (χ1v) is 9.70. The van der Waals surface area contributed by atoms with E-state index in [9.17, 15) is 13.2 Å². The Morgan fingerprint density at radius 3 is 2.73 bits per heavy atom. The number of nitrogens with zero attached hydrogens (tertiary/aromatic N) is 2. The number of sulfonamides is 1. The first kappa shape index (κ1) is 18.5. The fraction of sp³-hybridized carbons (Fsp3) is 0.294. The lowest BCUT2D eigenvalue weighted by atomic mass is 10.1. The molecule has 1 amide bonds. The van der Waals surface area contributed by atoms with Crippen LogP contribution in [0.5, 0.6) is 5.75 Å². The minimum atomic E-state index is -3.92. The molecule has 1 aliphatic rings. The number of hydrogen-bond acceptors (Lipinski definition) is 5. The molecule has 0 spiro atoms. The third-order valence-corrected chi connectivity index (χ3v) is 5.50. The van der Waals surface area contributed by atoms with Crippen LogP contribution in [0.1, 0.15) is 20.8 Å². The molecule has 0 fully saturated rings. The van der Waals surface area contributed by atoms with Crippen molar-refractivity contribution in [1.82, 2.24) is 4.98 Å². The zero-order valence-corrected chi connectivity index (χ0v) is 16.1. The van der Waals surface area contributed by atoms with Crippen LogP contribution >= 0.6 is 11.6 Å². The second-order valence-corrected chi connectivity index (χ2v) is 8.58. The van der Waals surface area contributed by atoms with Gasteiger partial charge in [0.25, 0.3) is 10.0 Å². The number of rotatable bonds is 3. The number of nitrogens with one attached hydrogen (secondary N) is 1. The topological polar surface area (TPSA) is 88.6 Å². The van der Waals surface area contributed by atoms with Gasteiger partial charge in [-0.1, -0.05) is 11.6 Å². The van der Waals surface area contributed by atoms with Crippen LogP contribution in [0.3, 0.4) is 0 Å². The van der Waals surface area contributed by atoms with Crippen molar-refractivity contribution >= 4 is 38.9 Å². The molecular weight excluding hydrogens is 378 g/mol. The van der Waals surface area contributed by atoms with E-state index in [1.807, 2.05) is 13.8 Å². The molecule has 3 rings (SSSR count). The van der Waals surface area contributed by atoms with Gasteiger partial charge in [0.2, 0.25) is 5.91 Å². The molecule has 2 aromatic rings. The highest BCUT2D eigenvalue weighted by molar-refractivity contribution is 7.92. The van der Waals surface area contributed by atoms with Gasteiger partial charge in [0.15, 0.2) is 5.15 Å². The zero-order chi connectivity index (χ0) is 19.1. The van der Waals surface area contributed by atoms with Gasteiger partial charge in [-0.15, -0.1) is 0 Å². The molecule has 1 aliphatic heterocycles. The Morgan fingerprint density at radius 2 is 2.08 bits per heavy atom. The maximum atomic E-state index is 12.7. The minimum Gasteiger partial charge on any atom is -0.484 e. The summed E-state index contributed by atoms with van der Waals surface area (Å²) >= 11 is 5.92. The minimum absolute atomic E-state index is 0.00859. The first-order valence-electron chi connectivity index (χ1n) is 7.84. The summed E-state index contributed by atoms with van der Waals surface area (Å²) in [5, 5.41) is 0.0458. The Morgan fingerprint density at radius 1 is 1.35 bits per heavy atom. The van der Waals surface area contributed by atoms with E-state index in [0.717, 1.165) is 0 Å². The summed E-state index contributed by atoms with van der Waals surface area (Å²) in [6.45, 7) is 5.48. The number of hydrogen-bond donors (Lipinski definition) is 1. The number of benzene rings is 1. The van der Waals surface area contributed by atoms with E-state index in [-0.39, 0.29) is 21.6 Å². The van der Waals surface area contributed by atoms with E-state index in [0.29, 0.717) is 18.0 Å². The Bertz CT molecular complexity index is 976. The summed E-state index contributed by atoms with van der Waals surface area (Å²) in [4.78, 5) is 17.4. The van der Waals surface area contributed by atoms with Gasteiger partial charge in [0, 0.05) is 13.1 Å². The van der Waals surface area contributed by atoms with Crippen LogP contribution < -0.4 is 14.4 Å². The van der Waals surface area contributed by atoms with Crippen LogP contribution in [-0.2, 0) is 14.8 Å². The van der Waals surface area contributed by atoms with Gasteiger partial charge in [-0.3, -0.25) is 9.52 Å². The monoisotopic (exact) mass is 395 g/mol. The summed E-state index contributed by atoms with van der Waals surface area (Å²) in [6, 6.07) is 7.47. The molecule has 1 aromatic heterocycles. The van der Waals surface area contributed by atoms with Crippen LogP contribution in [0.4, 0.5) is 11.4 Å². The highest BCUT2D eigenvalue weighted by Gasteiger charge is 2.34. The molecule has 0 aliphatic carbocycles. The molecule has 0 bridgehead atoms. The van der Waals surface area contributed by atoms with Crippen molar-refractivity contribution in [3.05, 3.63) is 41.7 Å². The predicted octanol–water partition coefficient (Wildman–Crippen LogP) is 3.06. The van der Waals surface area contributed by atoms with Crippen LogP contribution in [0.2, 0.25) is 5.15 Å². The highest BCUT2D eigenvalue weighted by Crippen LogP contribution is 2.39. The molecular formula is C17H18ClN3O4S. The SMILES string of the molecule is CC(=O)N1CC(C)(C)Oc2ccc(S(=O)(=O)Nc3cccnc3Cl)cc21. The molecule has 0 atom stereocenters. The van der Waals surface area contributed by atoms with Crippen molar-refractivity contribution < 1.29 is 17.9 Å². The predicted molar refractivity (Wildman–Crippen MR) is 99.2 cm³/mol. The standard InChI is InChI=1S/C17H18ClN3O4S/c1-11(22)21-10-17(2,3)25-15-7-6-12(9-14(15)21)26(23,24)20-13-5-4-8-19-16(13)18/h4-9,20H,10H2,1-3H3. The maximum Gasteiger partial charge on any atom is 0.262 e. The smallest absolute Gasteiger partial charge is 0.262 e. The average Bonchev–Trinajstić information content (AvgIpc) is 2.54. The third kappa shape index (κ3) is 3.61. The van der Waals surface area contributed by atoms with Crippen molar-refractivity contribution in [2.24, 2.45) is 0 Å². The number of ether oxygens (including phenoxy) is 1. The molecule has 138 valence electrons. The van der Waals surface area contributed by atoms with Gasteiger partial charge in [0.1, 0.15) is 11.4 Å². The Kier molecular flexibility index (Phi) is 4.58. The molecule has 1 N–H and O–H groups in total. The molecule has 7 nitrogen and oxygen atoms in total. The number of halogens is 1. The molecule has 2 heterocycles. The van der Waals surface area contributed by atoms with Crippen molar-refractivity contribution in [2.45, 2.75) is 31.3 Å². The average molecular weight is 396 g/mol. The van der Waals surface area contributed by atoms with Crippen LogP contribution in [0.25, 0.3) is 0 Å². The summed E-state index contributed by atoms with van der Waals surface area (Å²) in [6.07, 6.45) is 1.46. The largest absolute Gasteiger partial charge is 0.484 e. The first-order chi connectivity index (χ1) is 12.1. The van der Waals surface area contributed by atoms with Gasteiger partial charge in [0.05, 0.1) is 22.8 Å². The Labute approximate surface area is 157 Å². The molecule has 0 saturated carbocycles. The van der Waals surface area contributed by atoms with Gasteiger partial charge in [-0.25, -0.2) is 13.4 Å². The highest BCUT2D eigenvalue weighted by atomic mass is 35.5. The van der Waals surface area contributed by atoms with E-state index < -0.39 is 15.6 Å². The number of aromatic nitrogens is 1. The normalized spacial score (nSPS) is 15.8. The fourth-order valence-electron chi connectivity index (χ4n) is 2.70. The number of fused-ring (bicyclic) bond motifs is 1. The molecule has 1 aromatic carbocycles. The van der Waals surface area contributed by atoms with Gasteiger partial charge < -0.3 is 9.64 Å². The number of anilines is 2. The molecule has 0 saturated heterocycles. The molecule has 0 radical (unpaired) electrons. The number of carbonyl (C=O) groups is 1. The van der Waals surface area contributed by atoms with Crippen molar-refractivity contribution in [3.8, 4) is 5.75 Å². The Hall–Kier alpha value is -2.32. The third-order valence-electron chi connectivity index (χ3n) is 3.84. The van der Waals surface area contributed by atoms with E-state index >= 15 is 0 Å². The molecule has 0 unspecified atom stereocenters. The van der Waals surface area contributed by atoms with Crippen LogP contribution in [-0.4, -0.2) is 31.5 Å². The van der Waals surface area contributed by atoms with Crippen LogP contribution in [0, 0.1) is 0 Å². The lowest BCUT2D eigenvalue weighted by molar-refractivity contribution is -0.117. The van der Waals surface area contributed by atoms with Crippen molar-refractivity contribution in [3.63, 3.8) is 0 Å². The van der Waals surface area contributed by atoms with Gasteiger partial charge in [-0.05, 0) is 44.2 Å². The second-order valence-electron chi connectivity index (χ2n) is 6.54. The second kappa shape index (κ2) is 6.44. The van der Waals surface area contributed by atoms with Gasteiger partial charge in [-0.2, -0.15) is 0 Å². The maximum absolute atomic E-state index is 12.7. The van der Waals surface area contributed by atoms with E-state index in [1.54, 1.807) is 12.1 Å². The van der Waals surface area contributed by atoms with Crippen molar-refractivity contribution in [1.29, 1.82) is 0 Å². The molecule has 26 heavy (non-hydrogen) atoms. The number of amides is 1. The summed E-state index contributed by atoms with van der Waals surface area (Å²) < 4.78 is 33.7. The van der Waals surface area contributed by atoms with Gasteiger partial charge >= 0.3 is 0 Å². The fourth-order valence-corrected chi connectivity index (χ4v) is 4.01. The number of carbonyl (C=O) groups excluding carboxylic acids is 1. The lowest BCUT2D eigenvalue weighted by Crippen LogP contribution is -2.48. The zero-order valence-electron chi connectivity index (χ0n) is 14.5. The lowest BCUT2D eigenvalue weighted by Gasteiger charge is -2.39. The summed E-state index contributed by atoms with van der Waals surface area (Å²) in [5.41, 5.74) is 0.0188. The van der Waals surface area contributed by atoms with E-state index in [4.69, 9.17) is 16.3 Å². The van der Waals surface area contributed by atoms with E-state index in [1.165, 1.54) is 36.2 Å². The number of pyridine rings is 1. The molecule has 9 heteroatoms.